The van der Waals surface area contributed by atoms with Crippen molar-refractivity contribution in [2.45, 2.75) is 38.5 Å². The van der Waals surface area contributed by atoms with E-state index < -0.39 is 0 Å². The van der Waals surface area contributed by atoms with Crippen molar-refractivity contribution in [2.24, 2.45) is 0 Å². The van der Waals surface area contributed by atoms with Crippen LogP contribution in [0.4, 0.5) is 10.1 Å². The molecule has 2 aromatic heterocycles. The quantitative estimate of drug-likeness (QED) is 0.553. The molecule has 3 aromatic rings. The van der Waals surface area contributed by atoms with Gasteiger partial charge < -0.3 is 14.6 Å². The second-order valence-electron chi connectivity index (χ2n) is 9.06. The minimum absolute atomic E-state index is 0.0969. The summed E-state index contributed by atoms with van der Waals surface area (Å²) in [7, 11) is 0. The van der Waals surface area contributed by atoms with Crippen molar-refractivity contribution in [3.05, 3.63) is 63.7 Å². The molecule has 2 aliphatic rings. The molecule has 0 saturated carbocycles. The third kappa shape index (κ3) is 5.19. The highest BCUT2D eigenvalue weighted by atomic mass is 19.1. The molecule has 0 bridgehead atoms. The lowest BCUT2D eigenvalue weighted by atomic mass is 9.89. The lowest BCUT2D eigenvalue weighted by Gasteiger charge is -2.38. The predicted octanol–water partition coefficient (Wildman–Crippen LogP) is 3.92. The molecule has 6 nitrogen and oxygen atoms in total. The number of aryl methyl sites for hydroxylation is 1. The van der Waals surface area contributed by atoms with Crippen molar-refractivity contribution in [3.8, 4) is 5.88 Å². The molecule has 3 heterocycles. The zero-order valence-electron chi connectivity index (χ0n) is 19.0. The standard InChI is InChI=1S/C26H31FN4O2/c27-21-17-20-5-1-2-6-22(20)23(18-21)31-14-12-30(13-15-31)11-3-4-16-33-25-10-8-19-7-9-24(32)28-26(19)29-25/h7-10,17-18H,1-6,11-16H2,(H,28,29,32). The maximum absolute atomic E-state index is 14.2. The van der Waals surface area contributed by atoms with E-state index in [1.165, 1.54) is 30.0 Å². The number of anilines is 1. The van der Waals surface area contributed by atoms with Crippen molar-refractivity contribution >= 4 is 16.7 Å². The van der Waals surface area contributed by atoms with E-state index >= 15 is 0 Å². The van der Waals surface area contributed by atoms with Crippen LogP contribution in [0.3, 0.4) is 0 Å². The first-order valence-corrected chi connectivity index (χ1v) is 12.1. The summed E-state index contributed by atoms with van der Waals surface area (Å²) >= 11 is 0. The van der Waals surface area contributed by atoms with Gasteiger partial charge in [0, 0.05) is 49.4 Å². The molecular weight excluding hydrogens is 419 g/mol. The summed E-state index contributed by atoms with van der Waals surface area (Å²) in [4.78, 5) is 23.4. The summed E-state index contributed by atoms with van der Waals surface area (Å²) in [5, 5.41) is 0.889. The van der Waals surface area contributed by atoms with Gasteiger partial charge in [-0.3, -0.25) is 9.69 Å². The number of benzene rings is 1. The largest absolute Gasteiger partial charge is 0.478 e. The SMILES string of the molecule is O=c1ccc2ccc(OCCCCN3CCN(c4cc(F)cc5c4CCCC5)CC3)nc2[nH]1. The van der Waals surface area contributed by atoms with Crippen LogP contribution in [0.25, 0.3) is 11.0 Å². The molecule has 5 rings (SSSR count). The van der Waals surface area contributed by atoms with Crippen LogP contribution in [0.1, 0.15) is 36.8 Å². The second kappa shape index (κ2) is 9.91. The molecule has 1 aliphatic carbocycles. The van der Waals surface area contributed by atoms with Crippen LogP contribution in [0.2, 0.25) is 0 Å². The number of aromatic amines is 1. The van der Waals surface area contributed by atoms with Gasteiger partial charge in [0.2, 0.25) is 11.4 Å². The number of ether oxygens (including phenoxy) is 1. The number of piperazine rings is 1. The Morgan fingerprint density at radius 2 is 1.82 bits per heavy atom. The van der Waals surface area contributed by atoms with E-state index in [4.69, 9.17) is 4.74 Å². The Balaban J connectivity index is 1.06. The van der Waals surface area contributed by atoms with Crippen LogP contribution < -0.4 is 15.2 Å². The average Bonchev–Trinajstić information content (AvgIpc) is 2.83. The zero-order chi connectivity index (χ0) is 22.6. The molecule has 1 N–H and O–H groups in total. The number of fused-ring (bicyclic) bond motifs is 2. The van der Waals surface area contributed by atoms with Gasteiger partial charge in [0.1, 0.15) is 11.5 Å². The maximum Gasteiger partial charge on any atom is 0.249 e. The predicted molar refractivity (Wildman–Crippen MR) is 129 cm³/mol. The molecule has 0 spiro atoms. The first-order valence-electron chi connectivity index (χ1n) is 12.1. The molecule has 174 valence electrons. The van der Waals surface area contributed by atoms with E-state index in [2.05, 4.69) is 19.8 Å². The number of halogens is 1. The highest BCUT2D eigenvalue weighted by Gasteiger charge is 2.22. The molecular formula is C26H31FN4O2. The van der Waals surface area contributed by atoms with Gasteiger partial charge in [-0.15, -0.1) is 0 Å². The Morgan fingerprint density at radius 1 is 1.00 bits per heavy atom. The van der Waals surface area contributed by atoms with E-state index in [1.807, 2.05) is 12.1 Å². The first kappa shape index (κ1) is 21.9. The fraction of sp³-hybridized carbons (Fsp3) is 0.462. The highest BCUT2D eigenvalue weighted by molar-refractivity contribution is 5.74. The Labute approximate surface area is 193 Å². The monoisotopic (exact) mass is 450 g/mol. The summed E-state index contributed by atoms with van der Waals surface area (Å²) in [5.74, 6) is 0.441. The minimum atomic E-state index is -0.162. The summed E-state index contributed by atoms with van der Waals surface area (Å²) in [6.45, 7) is 5.55. The van der Waals surface area contributed by atoms with Gasteiger partial charge in [-0.2, -0.15) is 4.98 Å². The number of nitrogens with one attached hydrogen (secondary N) is 1. The number of pyridine rings is 2. The van der Waals surface area contributed by atoms with Gasteiger partial charge in [0.25, 0.3) is 0 Å². The Kier molecular flexibility index (Phi) is 6.58. The molecule has 0 amide bonds. The number of hydrogen-bond donors (Lipinski definition) is 1. The van der Waals surface area contributed by atoms with Crippen molar-refractivity contribution in [1.82, 2.24) is 14.9 Å². The molecule has 1 aromatic carbocycles. The lowest BCUT2D eigenvalue weighted by molar-refractivity contribution is 0.236. The maximum atomic E-state index is 14.2. The van der Waals surface area contributed by atoms with Crippen LogP contribution in [0.15, 0.2) is 41.2 Å². The van der Waals surface area contributed by atoms with Crippen LogP contribution >= 0.6 is 0 Å². The zero-order valence-corrected chi connectivity index (χ0v) is 19.0. The third-order valence-corrected chi connectivity index (χ3v) is 6.79. The van der Waals surface area contributed by atoms with Crippen LogP contribution in [-0.2, 0) is 12.8 Å². The van der Waals surface area contributed by atoms with E-state index in [-0.39, 0.29) is 11.4 Å². The molecule has 1 aliphatic heterocycles. The molecule has 0 radical (unpaired) electrons. The van der Waals surface area contributed by atoms with Gasteiger partial charge in [-0.25, -0.2) is 4.39 Å². The normalized spacial score (nSPS) is 16.7. The summed E-state index contributed by atoms with van der Waals surface area (Å²) < 4.78 is 20.0. The van der Waals surface area contributed by atoms with Gasteiger partial charge in [0.15, 0.2) is 0 Å². The average molecular weight is 451 g/mol. The molecule has 7 heteroatoms. The number of aromatic nitrogens is 2. The van der Waals surface area contributed by atoms with Gasteiger partial charge in [-0.05, 0) is 80.5 Å². The van der Waals surface area contributed by atoms with Gasteiger partial charge >= 0.3 is 0 Å². The second-order valence-corrected chi connectivity index (χ2v) is 9.06. The summed E-state index contributed by atoms with van der Waals surface area (Å²) in [6.07, 6.45) is 6.47. The number of unbranched alkanes of at least 4 members (excludes halogenated alkanes) is 1. The van der Waals surface area contributed by atoms with Crippen molar-refractivity contribution < 1.29 is 9.13 Å². The number of rotatable bonds is 7. The number of nitrogens with zero attached hydrogens (tertiary/aromatic N) is 3. The molecule has 1 fully saturated rings. The third-order valence-electron chi connectivity index (χ3n) is 6.79. The van der Waals surface area contributed by atoms with E-state index in [0.29, 0.717) is 18.1 Å². The topological polar surface area (TPSA) is 61.5 Å². The highest BCUT2D eigenvalue weighted by Crippen LogP contribution is 2.32. The van der Waals surface area contributed by atoms with E-state index in [0.717, 1.165) is 69.5 Å². The van der Waals surface area contributed by atoms with Gasteiger partial charge in [-0.1, -0.05) is 0 Å². The minimum Gasteiger partial charge on any atom is -0.478 e. The first-order chi connectivity index (χ1) is 16.2. The summed E-state index contributed by atoms with van der Waals surface area (Å²) in [5.41, 5.74) is 4.11. The Bertz CT molecular complexity index is 1170. The molecule has 0 atom stereocenters. The van der Waals surface area contributed by atoms with Crippen molar-refractivity contribution in [2.75, 3.05) is 44.2 Å². The lowest BCUT2D eigenvalue weighted by Crippen LogP contribution is -2.47. The number of hydrogen-bond acceptors (Lipinski definition) is 5. The van der Waals surface area contributed by atoms with Crippen LogP contribution in [0.5, 0.6) is 5.88 Å². The Hall–Kier alpha value is -2.93. The van der Waals surface area contributed by atoms with Crippen LogP contribution in [-0.4, -0.2) is 54.2 Å². The van der Waals surface area contributed by atoms with Gasteiger partial charge in [0.05, 0.1) is 6.61 Å². The Morgan fingerprint density at radius 3 is 2.70 bits per heavy atom. The van der Waals surface area contributed by atoms with E-state index in [9.17, 15) is 9.18 Å². The van der Waals surface area contributed by atoms with Crippen LogP contribution in [0, 0.1) is 5.82 Å². The molecule has 0 unspecified atom stereocenters. The van der Waals surface area contributed by atoms with Crippen molar-refractivity contribution in [3.63, 3.8) is 0 Å². The van der Waals surface area contributed by atoms with Crippen molar-refractivity contribution in [1.29, 1.82) is 0 Å². The number of H-pyrrole nitrogens is 1. The molecule has 33 heavy (non-hydrogen) atoms. The fourth-order valence-corrected chi connectivity index (χ4v) is 5.01. The smallest absolute Gasteiger partial charge is 0.249 e. The van der Waals surface area contributed by atoms with E-state index in [1.54, 1.807) is 18.2 Å². The fourth-order valence-electron chi connectivity index (χ4n) is 5.01. The summed E-state index contributed by atoms with van der Waals surface area (Å²) in [6, 6.07) is 10.5. The molecule has 1 saturated heterocycles.